The first-order valence-electron chi connectivity index (χ1n) is 5.27. The van der Waals surface area contributed by atoms with Crippen LogP contribution in [0.5, 0.6) is 0 Å². The second-order valence-electron chi connectivity index (χ2n) is 4.14. The molecule has 1 N–H and O–H groups in total. The molecule has 0 saturated carbocycles. The number of sulfone groups is 1. The molecule has 0 spiro atoms. The third-order valence-corrected chi connectivity index (χ3v) is 5.24. The predicted molar refractivity (Wildman–Crippen MR) is 69.8 cm³/mol. The minimum atomic E-state index is -3.90. The number of hydrogen-bond donors (Lipinski definition) is 1. The van der Waals surface area contributed by atoms with E-state index in [4.69, 9.17) is 5.26 Å². The maximum absolute atomic E-state index is 12.0. The largest absolute Gasteiger partial charge is 0.241 e. The molecular formula is C11H14N2O4S2. The van der Waals surface area contributed by atoms with Gasteiger partial charge in [-0.1, -0.05) is 0 Å². The van der Waals surface area contributed by atoms with Crippen molar-refractivity contribution in [1.82, 2.24) is 4.72 Å². The summed E-state index contributed by atoms with van der Waals surface area (Å²) in [6.07, 6.45) is 1.02. The van der Waals surface area contributed by atoms with Crippen LogP contribution in [0.15, 0.2) is 21.9 Å². The summed E-state index contributed by atoms with van der Waals surface area (Å²) in [6.45, 7) is 2.66. The van der Waals surface area contributed by atoms with Gasteiger partial charge >= 0.3 is 0 Å². The number of sulfonamides is 1. The van der Waals surface area contributed by atoms with Gasteiger partial charge in [0.2, 0.25) is 10.0 Å². The zero-order chi connectivity index (χ0) is 14.8. The van der Waals surface area contributed by atoms with E-state index in [-0.39, 0.29) is 21.9 Å². The van der Waals surface area contributed by atoms with Gasteiger partial charge in [-0.25, -0.2) is 16.8 Å². The van der Waals surface area contributed by atoms with Crippen molar-refractivity contribution >= 4 is 19.9 Å². The molecular weight excluding hydrogens is 288 g/mol. The summed E-state index contributed by atoms with van der Waals surface area (Å²) >= 11 is 0. The quantitative estimate of drug-likeness (QED) is 0.816. The van der Waals surface area contributed by atoms with Crippen molar-refractivity contribution in [2.45, 2.75) is 23.6 Å². The van der Waals surface area contributed by atoms with Crippen LogP contribution in [0, 0.1) is 25.2 Å². The normalized spacial score (nSPS) is 12.1. The first-order chi connectivity index (χ1) is 8.59. The molecule has 0 fully saturated rings. The van der Waals surface area contributed by atoms with Crippen LogP contribution in [0.4, 0.5) is 0 Å². The molecule has 1 rings (SSSR count). The van der Waals surface area contributed by atoms with Gasteiger partial charge in [0, 0.05) is 6.26 Å². The van der Waals surface area contributed by atoms with E-state index >= 15 is 0 Å². The second kappa shape index (κ2) is 5.28. The lowest BCUT2D eigenvalue weighted by Gasteiger charge is -2.12. The third-order valence-electron chi connectivity index (χ3n) is 2.49. The Morgan fingerprint density at radius 2 is 1.68 bits per heavy atom. The minimum Gasteiger partial charge on any atom is -0.224 e. The maximum Gasteiger partial charge on any atom is 0.241 e. The van der Waals surface area contributed by atoms with E-state index < -0.39 is 19.9 Å². The molecule has 104 valence electrons. The molecule has 0 aliphatic carbocycles. The van der Waals surface area contributed by atoms with E-state index in [2.05, 4.69) is 4.72 Å². The molecule has 0 heterocycles. The molecule has 0 aromatic heterocycles. The van der Waals surface area contributed by atoms with Gasteiger partial charge in [0.25, 0.3) is 0 Å². The Bertz CT molecular complexity index is 744. The smallest absolute Gasteiger partial charge is 0.224 e. The van der Waals surface area contributed by atoms with E-state index in [9.17, 15) is 16.8 Å². The molecule has 0 bridgehead atoms. The molecule has 0 amide bonds. The van der Waals surface area contributed by atoms with Crippen LogP contribution in [0.3, 0.4) is 0 Å². The predicted octanol–water partition coefficient (Wildman–Crippen LogP) is 0.509. The van der Waals surface area contributed by atoms with Gasteiger partial charge in [0.1, 0.15) is 0 Å². The fraction of sp³-hybridized carbons (Fsp3) is 0.364. The zero-order valence-corrected chi connectivity index (χ0v) is 12.4. The van der Waals surface area contributed by atoms with Crippen LogP contribution < -0.4 is 4.72 Å². The van der Waals surface area contributed by atoms with E-state index in [1.807, 2.05) is 0 Å². The Hall–Kier alpha value is -1.43. The van der Waals surface area contributed by atoms with Crippen LogP contribution in [0.1, 0.15) is 11.1 Å². The fourth-order valence-electron chi connectivity index (χ4n) is 1.66. The van der Waals surface area contributed by atoms with Gasteiger partial charge < -0.3 is 0 Å². The van der Waals surface area contributed by atoms with Crippen LogP contribution in [0.2, 0.25) is 0 Å². The molecule has 1 aromatic carbocycles. The average molecular weight is 302 g/mol. The summed E-state index contributed by atoms with van der Waals surface area (Å²) in [5.74, 6) is 0. The minimum absolute atomic E-state index is 0.0233. The molecule has 19 heavy (non-hydrogen) atoms. The van der Waals surface area contributed by atoms with Crippen LogP contribution in [0.25, 0.3) is 0 Å². The van der Waals surface area contributed by atoms with Gasteiger partial charge in [0.05, 0.1) is 22.4 Å². The van der Waals surface area contributed by atoms with Crippen molar-refractivity contribution < 1.29 is 16.8 Å². The fourth-order valence-corrected chi connectivity index (χ4v) is 4.06. The van der Waals surface area contributed by atoms with Gasteiger partial charge in [-0.2, -0.15) is 9.98 Å². The van der Waals surface area contributed by atoms with Gasteiger partial charge in [-0.3, -0.25) is 0 Å². The highest BCUT2D eigenvalue weighted by molar-refractivity contribution is 7.91. The van der Waals surface area contributed by atoms with Crippen molar-refractivity contribution in [3.63, 3.8) is 0 Å². The number of aryl methyl sites for hydroxylation is 1. The highest BCUT2D eigenvalue weighted by Gasteiger charge is 2.22. The summed E-state index contributed by atoms with van der Waals surface area (Å²) in [7, 11) is -7.41. The van der Waals surface area contributed by atoms with E-state index in [1.54, 1.807) is 13.0 Å². The Morgan fingerprint density at radius 1 is 1.16 bits per heavy atom. The third kappa shape index (κ3) is 3.53. The molecule has 0 unspecified atom stereocenters. The number of nitrogens with one attached hydrogen (secondary N) is 1. The summed E-state index contributed by atoms with van der Waals surface area (Å²) in [5, 5.41) is 8.41. The molecule has 6 nitrogen and oxygen atoms in total. The number of hydrogen-bond acceptors (Lipinski definition) is 5. The maximum atomic E-state index is 12.0. The lowest BCUT2D eigenvalue weighted by molar-refractivity contribution is 0.584. The van der Waals surface area contributed by atoms with E-state index in [0.717, 1.165) is 6.26 Å². The molecule has 0 atom stereocenters. The van der Waals surface area contributed by atoms with Crippen LogP contribution in [-0.4, -0.2) is 29.6 Å². The number of nitriles is 1. The van der Waals surface area contributed by atoms with Crippen molar-refractivity contribution in [1.29, 1.82) is 5.26 Å². The summed E-state index contributed by atoms with van der Waals surface area (Å²) in [6, 6.07) is 4.47. The van der Waals surface area contributed by atoms with E-state index in [0.29, 0.717) is 5.56 Å². The molecule has 1 aromatic rings. The summed E-state index contributed by atoms with van der Waals surface area (Å²) < 4.78 is 49.3. The Balaban J connectivity index is 3.56. The van der Waals surface area contributed by atoms with Crippen molar-refractivity contribution in [2.24, 2.45) is 0 Å². The van der Waals surface area contributed by atoms with E-state index in [1.165, 1.54) is 19.1 Å². The second-order valence-corrected chi connectivity index (χ2v) is 7.86. The Labute approximate surface area is 113 Å². The highest BCUT2D eigenvalue weighted by atomic mass is 32.2. The summed E-state index contributed by atoms with van der Waals surface area (Å²) in [4.78, 5) is -0.145. The van der Waals surface area contributed by atoms with Crippen molar-refractivity contribution in [3.8, 4) is 6.07 Å². The highest BCUT2D eigenvalue weighted by Crippen LogP contribution is 2.24. The van der Waals surface area contributed by atoms with Gasteiger partial charge in [0.15, 0.2) is 9.84 Å². The molecule has 0 aliphatic heterocycles. The lowest BCUT2D eigenvalue weighted by atomic mass is 10.2. The Kier molecular flexibility index (Phi) is 4.35. The number of rotatable bonds is 4. The zero-order valence-electron chi connectivity index (χ0n) is 10.8. The summed E-state index contributed by atoms with van der Waals surface area (Å²) in [5.41, 5.74) is 0.668. The molecule has 0 radical (unpaired) electrons. The topological polar surface area (TPSA) is 104 Å². The van der Waals surface area contributed by atoms with Gasteiger partial charge in [-0.15, -0.1) is 0 Å². The monoisotopic (exact) mass is 302 g/mol. The first kappa shape index (κ1) is 15.6. The standard InChI is InChI=1S/C11H14N2O4S2/c1-8-6-10(18(3,14)15)9(2)11(7-8)19(16,17)13-5-4-12/h6-7,13H,5H2,1-3H3. The molecule has 0 aliphatic rings. The average Bonchev–Trinajstić information content (AvgIpc) is 2.27. The number of benzene rings is 1. The van der Waals surface area contributed by atoms with Crippen LogP contribution in [-0.2, 0) is 19.9 Å². The Morgan fingerprint density at radius 3 is 2.16 bits per heavy atom. The lowest BCUT2D eigenvalue weighted by Crippen LogP contribution is -2.25. The van der Waals surface area contributed by atoms with Crippen LogP contribution >= 0.6 is 0 Å². The molecule has 8 heteroatoms. The van der Waals surface area contributed by atoms with Crippen molar-refractivity contribution in [2.75, 3.05) is 12.8 Å². The van der Waals surface area contributed by atoms with Gasteiger partial charge in [-0.05, 0) is 37.1 Å². The SMILES string of the molecule is Cc1cc(S(C)(=O)=O)c(C)c(S(=O)(=O)NCC#N)c1. The number of nitrogens with zero attached hydrogens (tertiary/aromatic N) is 1. The first-order valence-corrected chi connectivity index (χ1v) is 8.65. The van der Waals surface area contributed by atoms with Crippen molar-refractivity contribution in [3.05, 3.63) is 23.3 Å². The molecule has 0 saturated heterocycles.